The van der Waals surface area contributed by atoms with Crippen molar-refractivity contribution in [2.75, 3.05) is 14.1 Å². The Kier molecular flexibility index (Phi) is 5.00. The summed E-state index contributed by atoms with van der Waals surface area (Å²) in [6.45, 7) is 2.27. The minimum atomic E-state index is -3.75. The summed E-state index contributed by atoms with van der Waals surface area (Å²) in [7, 11) is -4.59. The predicted octanol–water partition coefficient (Wildman–Crippen LogP) is 2.13. The molecule has 1 heterocycles. The molecule has 1 saturated carbocycles. The highest BCUT2D eigenvalue weighted by Crippen LogP contribution is 2.47. The number of furan rings is 1. The van der Waals surface area contributed by atoms with Crippen molar-refractivity contribution in [1.82, 2.24) is 9.03 Å². The molecule has 2 atom stereocenters. The SMILES string of the molecule is CNS(=O)(=O)c1ccc(S(=O)(=O)N(C)Cc2ccc([C@@H]3C[C@@H]3C)o2)cc1. The van der Waals surface area contributed by atoms with Crippen molar-refractivity contribution in [2.45, 2.75) is 35.6 Å². The lowest BCUT2D eigenvalue weighted by molar-refractivity contribution is 0.390. The van der Waals surface area contributed by atoms with Gasteiger partial charge in [0.1, 0.15) is 11.5 Å². The molecule has 1 N–H and O–H groups in total. The second-order valence-electron chi connectivity index (χ2n) is 6.56. The Morgan fingerprint density at radius 1 is 1.08 bits per heavy atom. The van der Waals surface area contributed by atoms with Gasteiger partial charge in [0, 0.05) is 13.0 Å². The maximum absolute atomic E-state index is 12.7. The highest BCUT2D eigenvalue weighted by molar-refractivity contribution is 7.89. The van der Waals surface area contributed by atoms with E-state index in [9.17, 15) is 16.8 Å². The maximum Gasteiger partial charge on any atom is 0.243 e. The van der Waals surface area contributed by atoms with Crippen molar-refractivity contribution in [3.05, 3.63) is 47.9 Å². The van der Waals surface area contributed by atoms with Crippen LogP contribution in [0.2, 0.25) is 0 Å². The van der Waals surface area contributed by atoms with E-state index in [0.29, 0.717) is 17.6 Å². The van der Waals surface area contributed by atoms with Gasteiger partial charge < -0.3 is 4.42 Å². The molecule has 1 aromatic heterocycles. The van der Waals surface area contributed by atoms with Gasteiger partial charge in [0.15, 0.2) is 0 Å². The molecule has 1 fully saturated rings. The number of sulfonamides is 2. The summed E-state index contributed by atoms with van der Waals surface area (Å²) in [5, 5.41) is 0. The van der Waals surface area contributed by atoms with Gasteiger partial charge in [-0.3, -0.25) is 0 Å². The minimum Gasteiger partial charge on any atom is -0.464 e. The van der Waals surface area contributed by atoms with Gasteiger partial charge in [0.2, 0.25) is 20.0 Å². The number of benzene rings is 1. The van der Waals surface area contributed by atoms with E-state index in [1.165, 1.54) is 42.7 Å². The average Bonchev–Trinajstić information content (AvgIpc) is 3.16. The summed E-state index contributed by atoms with van der Waals surface area (Å²) in [4.78, 5) is 0.0356. The highest BCUT2D eigenvalue weighted by atomic mass is 32.2. The molecular formula is C17H22N2O5S2. The van der Waals surface area contributed by atoms with E-state index in [-0.39, 0.29) is 16.3 Å². The Morgan fingerprint density at radius 3 is 2.19 bits per heavy atom. The maximum atomic E-state index is 12.7. The third kappa shape index (κ3) is 3.71. The van der Waals surface area contributed by atoms with Gasteiger partial charge in [-0.1, -0.05) is 6.92 Å². The zero-order valence-corrected chi connectivity index (χ0v) is 16.5. The largest absolute Gasteiger partial charge is 0.464 e. The van der Waals surface area contributed by atoms with E-state index in [1.807, 2.05) is 6.07 Å². The van der Waals surface area contributed by atoms with Crippen LogP contribution in [0.3, 0.4) is 0 Å². The lowest BCUT2D eigenvalue weighted by Gasteiger charge is -2.16. The van der Waals surface area contributed by atoms with Gasteiger partial charge in [-0.15, -0.1) is 0 Å². The van der Waals surface area contributed by atoms with Crippen molar-refractivity contribution >= 4 is 20.0 Å². The van der Waals surface area contributed by atoms with Gasteiger partial charge in [-0.25, -0.2) is 21.6 Å². The molecule has 0 amide bonds. The van der Waals surface area contributed by atoms with Gasteiger partial charge >= 0.3 is 0 Å². The van der Waals surface area contributed by atoms with E-state index in [0.717, 1.165) is 12.2 Å². The zero-order chi connectivity index (χ0) is 19.1. The van der Waals surface area contributed by atoms with E-state index < -0.39 is 20.0 Å². The van der Waals surface area contributed by atoms with E-state index >= 15 is 0 Å². The van der Waals surface area contributed by atoms with Crippen molar-refractivity contribution in [3.63, 3.8) is 0 Å². The number of nitrogens with one attached hydrogen (secondary N) is 1. The molecular weight excluding hydrogens is 376 g/mol. The first-order chi connectivity index (χ1) is 12.1. The quantitative estimate of drug-likeness (QED) is 0.771. The van der Waals surface area contributed by atoms with Crippen molar-refractivity contribution in [3.8, 4) is 0 Å². The van der Waals surface area contributed by atoms with E-state index in [2.05, 4.69) is 11.6 Å². The molecule has 1 aromatic carbocycles. The van der Waals surface area contributed by atoms with Crippen molar-refractivity contribution < 1.29 is 21.3 Å². The third-order valence-corrected chi connectivity index (χ3v) is 7.89. The molecule has 3 rings (SSSR count). The van der Waals surface area contributed by atoms with Crippen LogP contribution in [0.15, 0.2) is 50.6 Å². The van der Waals surface area contributed by atoms with Crippen LogP contribution >= 0.6 is 0 Å². The van der Waals surface area contributed by atoms with Gasteiger partial charge in [0.05, 0.1) is 16.3 Å². The number of rotatable bonds is 7. The Bertz CT molecular complexity index is 994. The normalized spacial score (nSPS) is 20.5. The van der Waals surface area contributed by atoms with Gasteiger partial charge in [0.25, 0.3) is 0 Å². The summed E-state index contributed by atoms with van der Waals surface area (Å²) in [5.74, 6) is 2.54. The minimum absolute atomic E-state index is 0.0100. The third-order valence-electron chi connectivity index (χ3n) is 4.65. The van der Waals surface area contributed by atoms with Gasteiger partial charge in [-0.2, -0.15) is 4.31 Å². The van der Waals surface area contributed by atoms with Crippen molar-refractivity contribution in [1.29, 1.82) is 0 Å². The van der Waals surface area contributed by atoms with Crippen LogP contribution in [0.1, 0.15) is 30.8 Å². The Hall–Kier alpha value is -1.68. The lowest BCUT2D eigenvalue weighted by Crippen LogP contribution is -2.26. The molecule has 0 saturated heterocycles. The Morgan fingerprint density at radius 2 is 1.65 bits per heavy atom. The molecule has 0 aliphatic heterocycles. The highest BCUT2D eigenvalue weighted by Gasteiger charge is 2.36. The van der Waals surface area contributed by atoms with Crippen LogP contribution < -0.4 is 4.72 Å². The summed E-state index contributed by atoms with van der Waals surface area (Å²) < 4.78 is 58.0. The Labute approximate surface area is 154 Å². The van der Waals surface area contributed by atoms with Crippen LogP contribution in [0.4, 0.5) is 0 Å². The van der Waals surface area contributed by atoms with Crippen molar-refractivity contribution in [2.24, 2.45) is 5.92 Å². The lowest BCUT2D eigenvalue weighted by atomic mass is 10.3. The molecule has 1 aliphatic carbocycles. The molecule has 142 valence electrons. The standard InChI is InChI=1S/C17H22N2O5S2/c1-12-10-16(12)17-9-4-13(24-17)11-19(3)26(22,23)15-7-5-14(6-8-15)25(20,21)18-2/h4-9,12,16,18H,10-11H2,1-3H3/t12-,16+/m0/s1. The average molecular weight is 399 g/mol. The molecule has 9 heteroatoms. The van der Waals surface area contributed by atoms with E-state index in [1.54, 1.807) is 6.07 Å². The molecule has 0 spiro atoms. The number of hydrogen-bond donors (Lipinski definition) is 1. The Balaban J connectivity index is 1.75. The molecule has 7 nitrogen and oxygen atoms in total. The molecule has 2 aromatic rings. The first-order valence-corrected chi connectivity index (χ1v) is 11.2. The topological polar surface area (TPSA) is 96.7 Å². The number of hydrogen-bond acceptors (Lipinski definition) is 5. The van der Waals surface area contributed by atoms with Crippen LogP contribution in [0.25, 0.3) is 0 Å². The fourth-order valence-electron chi connectivity index (χ4n) is 2.79. The van der Waals surface area contributed by atoms with Crippen LogP contribution in [-0.2, 0) is 26.6 Å². The molecule has 26 heavy (non-hydrogen) atoms. The summed E-state index contributed by atoms with van der Waals surface area (Å²) in [6, 6.07) is 8.82. The zero-order valence-electron chi connectivity index (χ0n) is 14.8. The second kappa shape index (κ2) is 6.80. The predicted molar refractivity (Wildman–Crippen MR) is 96.6 cm³/mol. The fraction of sp³-hybridized carbons (Fsp3) is 0.412. The van der Waals surface area contributed by atoms with Gasteiger partial charge in [-0.05, 0) is 55.8 Å². The molecule has 0 bridgehead atoms. The van der Waals surface area contributed by atoms with Crippen LogP contribution in [0, 0.1) is 5.92 Å². The molecule has 0 unspecified atom stereocenters. The first kappa shape index (κ1) is 19.1. The van der Waals surface area contributed by atoms with Crippen LogP contribution in [-0.4, -0.2) is 35.2 Å². The fourth-order valence-corrected chi connectivity index (χ4v) is 4.66. The summed E-state index contributed by atoms with van der Waals surface area (Å²) in [6.07, 6.45) is 1.10. The smallest absolute Gasteiger partial charge is 0.243 e. The molecule has 0 radical (unpaired) electrons. The number of nitrogens with zero attached hydrogens (tertiary/aromatic N) is 1. The van der Waals surface area contributed by atoms with Crippen LogP contribution in [0.5, 0.6) is 0 Å². The monoisotopic (exact) mass is 398 g/mol. The second-order valence-corrected chi connectivity index (χ2v) is 10.5. The summed E-state index contributed by atoms with van der Waals surface area (Å²) in [5.41, 5.74) is 0. The summed E-state index contributed by atoms with van der Waals surface area (Å²) >= 11 is 0. The first-order valence-electron chi connectivity index (χ1n) is 8.23. The van der Waals surface area contributed by atoms with E-state index in [4.69, 9.17) is 4.42 Å². The molecule has 1 aliphatic rings.